The molecule has 0 bridgehead atoms. The van der Waals surface area contributed by atoms with Crippen LogP contribution in [0.15, 0.2) is 42.1 Å². The fraction of sp³-hybridized carbons (Fsp3) is 0.286. The maximum Gasteiger partial charge on any atom is 0.354 e. The summed E-state index contributed by atoms with van der Waals surface area (Å²) >= 11 is 0. The second kappa shape index (κ2) is 7.76. The van der Waals surface area contributed by atoms with E-state index >= 15 is 0 Å². The van der Waals surface area contributed by atoms with Crippen molar-refractivity contribution in [3.05, 3.63) is 47.7 Å². The molecule has 0 spiro atoms. The molecule has 0 aliphatic carbocycles. The Kier molecular flexibility index (Phi) is 6.34. The summed E-state index contributed by atoms with van der Waals surface area (Å²) < 4.78 is 16.1. The van der Waals surface area contributed by atoms with Crippen LogP contribution in [0.1, 0.15) is 17.3 Å². The molecule has 0 aromatic heterocycles. The van der Waals surface area contributed by atoms with E-state index in [1.807, 2.05) is 0 Å². The monoisotopic (exact) mass is 311 g/mol. The summed E-state index contributed by atoms with van der Waals surface area (Å²) in [6, 6.07) is 8.33. The van der Waals surface area contributed by atoms with Gasteiger partial charge in [0, 0.05) is 18.4 Å². The quantitative estimate of drug-likeness (QED) is 0.474. The van der Waals surface area contributed by atoms with Crippen LogP contribution in [-0.2, 0) is 14.1 Å². The number of ether oxygens (including phenoxy) is 1. The smallest absolute Gasteiger partial charge is 0.354 e. The molecule has 6 nitrogen and oxygen atoms in total. The summed E-state index contributed by atoms with van der Waals surface area (Å²) in [6.45, 7) is 2.94. The molecule has 1 amide bonds. The van der Waals surface area contributed by atoms with Crippen molar-refractivity contribution >= 4 is 19.2 Å². The molecule has 0 saturated heterocycles. The van der Waals surface area contributed by atoms with E-state index in [1.165, 1.54) is 12.7 Å². The first-order valence-electron chi connectivity index (χ1n) is 6.36. The lowest BCUT2D eigenvalue weighted by atomic mass is 10.2. The van der Waals surface area contributed by atoms with Crippen LogP contribution in [0.3, 0.4) is 0 Å². The minimum atomic E-state index is -3.33. The van der Waals surface area contributed by atoms with Gasteiger partial charge in [0.2, 0.25) is 7.37 Å². The molecule has 7 heteroatoms. The number of rotatable bonds is 6. The zero-order valence-corrected chi connectivity index (χ0v) is 12.8. The van der Waals surface area contributed by atoms with Crippen LogP contribution in [0.5, 0.6) is 0 Å². The molecule has 0 radical (unpaired) electrons. The Morgan fingerprint density at radius 2 is 1.95 bits per heavy atom. The molecule has 0 aliphatic heterocycles. The average Bonchev–Trinajstić information content (AvgIpc) is 2.43. The number of carbonyl (C=O) groups is 2. The predicted octanol–water partition coefficient (Wildman–Crippen LogP) is 1.76. The van der Waals surface area contributed by atoms with Gasteiger partial charge >= 0.3 is 5.97 Å². The molecule has 0 saturated carbocycles. The molecule has 1 unspecified atom stereocenters. The van der Waals surface area contributed by atoms with Crippen LogP contribution in [-0.4, -0.2) is 36.2 Å². The molecule has 114 valence electrons. The lowest BCUT2D eigenvalue weighted by Crippen LogP contribution is -2.29. The van der Waals surface area contributed by atoms with Gasteiger partial charge in [-0.25, -0.2) is 4.79 Å². The number of nitrogens with one attached hydrogen (secondary N) is 1. The molecule has 0 fully saturated rings. The highest BCUT2D eigenvalue weighted by Gasteiger charge is 2.17. The minimum absolute atomic E-state index is 0.137. The summed E-state index contributed by atoms with van der Waals surface area (Å²) in [5, 5.41) is 2.41. The number of hydrogen-bond acceptors (Lipinski definition) is 4. The van der Waals surface area contributed by atoms with Crippen LogP contribution in [0, 0.1) is 0 Å². The van der Waals surface area contributed by atoms with Crippen molar-refractivity contribution in [1.82, 2.24) is 5.32 Å². The highest BCUT2D eigenvalue weighted by molar-refractivity contribution is 7.57. The fourth-order valence-electron chi connectivity index (χ4n) is 1.44. The second-order valence-electron chi connectivity index (χ2n) is 4.39. The molecule has 1 rings (SSSR count). The van der Waals surface area contributed by atoms with Crippen molar-refractivity contribution in [1.29, 1.82) is 0 Å². The minimum Gasteiger partial charge on any atom is -0.461 e. The SMILES string of the molecule is CCOC(=O)/C(=C/CP(C)(=O)O)NC(=O)c1ccccc1. The van der Waals surface area contributed by atoms with E-state index in [0.29, 0.717) is 5.56 Å². The molecular formula is C14H18NO5P. The summed E-state index contributed by atoms with van der Waals surface area (Å²) in [5.41, 5.74) is 0.234. The lowest BCUT2D eigenvalue weighted by Gasteiger charge is -2.10. The highest BCUT2D eigenvalue weighted by Crippen LogP contribution is 2.34. The number of carbonyl (C=O) groups excluding carboxylic acids is 2. The Morgan fingerprint density at radius 1 is 1.33 bits per heavy atom. The van der Waals surface area contributed by atoms with Gasteiger partial charge in [0.25, 0.3) is 5.91 Å². The van der Waals surface area contributed by atoms with Gasteiger partial charge in [0.05, 0.1) is 6.61 Å². The first kappa shape index (κ1) is 17.1. The van der Waals surface area contributed by atoms with Gasteiger partial charge in [-0.2, -0.15) is 0 Å². The van der Waals surface area contributed by atoms with Crippen LogP contribution in [0.2, 0.25) is 0 Å². The van der Waals surface area contributed by atoms with E-state index in [4.69, 9.17) is 4.74 Å². The van der Waals surface area contributed by atoms with Gasteiger partial charge in [-0.15, -0.1) is 0 Å². The third kappa shape index (κ3) is 6.38. The van der Waals surface area contributed by atoms with Gasteiger partial charge in [0.1, 0.15) is 5.70 Å². The summed E-state index contributed by atoms with van der Waals surface area (Å²) in [6.07, 6.45) is 0.982. The van der Waals surface area contributed by atoms with Crippen molar-refractivity contribution in [3.8, 4) is 0 Å². The van der Waals surface area contributed by atoms with Gasteiger partial charge in [-0.3, -0.25) is 9.36 Å². The Balaban J connectivity index is 2.89. The van der Waals surface area contributed by atoms with Gasteiger partial charge < -0.3 is 14.9 Å². The number of amides is 1. The number of hydrogen-bond donors (Lipinski definition) is 2. The molecule has 0 aliphatic rings. The van der Waals surface area contributed by atoms with E-state index in [0.717, 1.165) is 0 Å². The van der Waals surface area contributed by atoms with Gasteiger partial charge in [-0.05, 0) is 25.1 Å². The van der Waals surface area contributed by atoms with Crippen molar-refractivity contribution in [2.75, 3.05) is 19.4 Å². The van der Waals surface area contributed by atoms with E-state index in [1.54, 1.807) is 37.3 Å². The van der Waals surface area contributed by atoms with Gasteiger partial charge in [-0.1, -0.05) is 18.2 Å². The Bertz CT molecular complexity index is 576. The molecule has 0 heterocycles. The third-order valence-electron chi connectivity index (χ3n) is 2.41. The van der Waals surface area contributed by atoms with E-state index in [2.05, 4.69) is 5.32 Å². The number of benzene rings is 1. The topological polar surface area (TPSA) is 92.7 Å². The Hall–Kier alpha value is -1.91. The maximum atomic E-state index is 12.0. The fourth-order valence-corrected chi connectivity index (χ4v) is 1.96. The van der Waals surface area contributed by atoms with E-state index < -0.39 is 19.2 Å². The standard InChI is InChI=1S/C14H18NO5P/c1-3-20-14(17)12(9-10-21(2,18)19)15-13(16)11-7-5-4-6-8-11/h4-9H,3,10H2,1-2H3,(H,15,16)(H,18,19)/b12-9-. The van der Waals surface area contributed by atoms with E-state index in [9.17, 15) is 19.0 Å². The van der Waals surface area contributed by atoms with Crippen molar-refractivity contribution in [2.45, 2.75) is 6.92 Å². The zero-order chi connectivity index (χ0) is 15.9. The summed E-state index contributed by atoms with van der Waals surface area (Å²) in [5.74, 6) is -1.23. The van der Waals surface area contributed by atoms with E-state index in [-0.39, 0.29) is 18.5 Å². The number of allylic oxidation sites excluding steroid dienone is 1. The summed E-state index contributed by atoms with van der Waals surface area (Å²) in [7, 11) is -3.33. The first-order chi connectivity index (χ1) is 9.83. The number of esters is 1. The Morgan fingerprint density at radius 3 is 2.48 bits per heavy atom. The maximum absolute atomic E-state index is 12.0. The largest absolute Gasteiger partial charge is 0.461 e. The molecule has 1 aromatic carbocycles. The molecule has 21 heavy (non-hydrogen) atoms. The second-order valence-corrected chi connectivity index (χ2v) is 6.86. The predicted molar refractivity (Wildman–Crippen MR) is 79.2 cm³/mol. The highest BCUT2D eigenvalue weighted by atomic mass is 31.2. The third-order valence-corrected chi connectivity index (χ3v) is 3.27. The normalized spacial score (nSPS) is 14.1. The van der Waals surface area contributed by atoms with Gasteiger partial charge in [0.15, 0.2) is 0 Å². The van der Waals surface area contributed by atoms with Crippen LogP contribution in [0.4, 0.5) is 0 Å². The van der Waals surface area contributed by atoms with Crippen molar-refractivity contribution in [2.24, 2.45) is 0 Å². The van der Waals surface area contributed by atoms with Crippen molar-refractivity contribution < 1.29 is 23.8 Å². The molecule has 1 atom stereocenters. The zero-order valence-electron chi connectivity index (χ0n) is 11.9. The van der Waals surface area contributed by atoms with Crippen LogP contribution >= 0.6 is 7.37 Å². The average molecular weight is 311 g/mol. The van der Waals surface area contributed by atoms with Crippen molar-refractivity contribution in [3.63, 3.8) is 0 Å². The first-order valence-corrected chi connectivity index (χ1v) is 8.65. The van der Waals surface area contributed by atoms with Crippen LogP contribution < -0.4 is 5.32 Å². The summed E-state index contributed by atoms with van der Waals surface area (Å²) in [4.78, 5) is 33.0. The molecular weight excluding hydrogens is 293 g/mol. The molecule has 1 aromatic rings. The lowest BCUT2D eigenvalue weighted by molar-refractivity contribution is -0.138. The molecule has 2 N–H and O–H groups in total. The van der Waals surface area contributed by atoms with Crippen LogP contribution in [0.25, 0.3) is 0 Å². The Labute approximate surface area is 123 Å².